The summed E-state index contributed by atoms with van der Waals surface area (Å²) in [7, 11) is 0. The van der Waals surface area contributed by atoms with Gasteiger partial charge in [0.2, 0.25) is 0 Å². The smallest absolute Gasteiger partial charge is 0.0644 e. The molecular weight excluding hydrogens is 601 g/mol. The van der Waals surface area contributed by atoms with Crippen molar-refractivity contribution in [3.8, 4) is 22.5 Å². The molecule has 0 radical (unpaired) electrons. The van der Waals surface area contributed by atoms with Gasteiger partial charge in [0.25, 0.3) is 0 Å². The van der Waals surface area contributed by atoms with Crippen LogP contribution in [0.15, 0.2) is 146 Å². The van der Waals surface area contributed by atoms with Crippen molar-refractivity contribution in [2.45, 2.75) is 19.3 Å². The van der Waals surface area contributed by atoms with Gasteiger partial charge in [-0.15, -0.1) is 11.3 Å². The summed E-state index contributed by atoms with van der Waals surface area (Å²) in [5.74, 6) is 0. The van der Waals surface area contributed by atoms with Gasteiger partial charge >= 0.3 is 0 Å². The molecule has 48 heavy (non-hydrogen) atoms. The molecule has 3 aromatic heterocycles. The Morgan fingerprint density at radius 3 is 1.94 bits per heavy atom. The van der Waals surface area contributed by atoms with Crippen LogP contribution < -0.4 is 0 Å². The number of thiophene rings is 1. The van der Waals surface area contributed by atoms with Crippen LogP contribution >= 0.6 is 11.3 Å². The third-order valence-electron chi connectivity index (χ3n) is 10.9. The molecule has 0 saturated heterocycles. The highest BCUT2D eigenvalue weighted by atomic mass is 32.1. The van der Waals surface area contributed by atoms with E-state index in [-0.39, 0.29) is 5.41 Å². The van der Waals surface area contributed by atoms with Gasteiger partial charge in [-0.25, -0.2) is 0 Å². The Bertz CT molecular complexity index is 2970. The van der Waals surface area contributed by atoms with Gasteiger partial charge in [-0.2, -0.15) is 0 Å². The molecule has 0 atom stereocenters. The van der Waals surface area contributed by atoms with Crippen molar-refractivity contribution in [1.29, 1.82) is 0 Å². The third-order valence-corrected chi connectivity index (χ3v) is 12.1. The minimum absolute atomic E-state index is 0.199. The fraction of sp³-hybridized carbons (Fsp3) is 0.0667. The minimum Gasteiger partial charge on any atom is -0.309 e. The summed E-state index contributed by atoms with van der Waals surface area (Å²) in [6.07, 6.45) is 0. The van der Waals surface area contributed by atoms with E-state index in [1.807, 2.05) is 11.3 Å². The number of fused-ring (bicyclic) bond motifs is 15. The van der Waals surface area contributed by atoms with Crippen molar-refractivity contribution >= 4 is 75.1 Å². The molecule has 3 heteroatoms. The van der Waals surface area contributed by atoms with Crippen LogP contribution in [0.3, 0.4) is 0 Å². The lowest BCUT2D eigenvalue weighted by Crippen LogP contribution is -2.15. The zero-order valence-corrected chi connectivity index (χ0v) is 27.5. The predicted octanol–water partition coefficient (Wildman–Crippen LogP) is 12.6. The fourth-order valence-corrected chi connectivity index (χ4v) is 10.2. The van der Waals surface area contributed by atoms with Crippen LogP contribution in [0.5, 0.6) is 0 Å². The molecule has 0 unspecified atom stereocenters. The molecule has 11 rings (SSSR count). The van der Waals surface area contributed by atoms with Crippen molar-refractivity contribution in [2.24, 2.45) is 0 Å². The van der Waals surface area contributed by atoms with Crippen molar-refractivity contribution in [2.75, 3.05) is 0 Å². The van der Waals surface area contributed by atoms with Crippen LogP contribution in [0.4, 0.5) is 0 Å². The second-order valence-corrected chi connectivity index (χ2v) is 14.7. The van der Waals surface area contributed by atoms with Crippen molar-refractivity contribution in [3.05, 3.63) is 157 Å². The van der Waals surface area contributed by atoms with Gasteiger partial charge in [-0.3, -0.25) is 0 Å². The van der Waals surface area contributed by atoms with Crippen molar-refractivity contribution in [3.63, 3.8) is 0 Å². The van der Waals surface area contributed by atoms with Gasteiger partial charge < -0.3 is 9.13 Å². The van der Waals surface area contributed by atoms with E-state index >= 15 is 0 Å². The number of benzene rings is 7. The molecule has 2 nitrogen and oxygen atoms in total. The predicted molar refractivity (Wildman–Crippen MR) is 206 cm³/mol. The Kier molecular flexibility index (Phi) is 5.09. The molecule has 1 aliphatic rings. The van der Waals surface area contributed by atoms with E-state index in [1.54, 1.807) is 0 Å². The SMILES string of the molecule is CC1(C)c2ccccc2-c2c1c1c3ccccc3n(-c3ccccc3)c1c1c3ccccc3n(-c3cccc4c3sc3ccccc34)c21. The Labute approximate surface area is 281 Å². The van der Waals surface area contributed by atoms with E-state index < -0.39 is 0 Å². The summed E-state index contributed by atoms with van der Waals surface area (Å²) in [5, 5.41) is 7.89. The molecule has 0 N–H and O–H groups in total. The second-order valence-electron chi connectivity index (χ2n) is 13.7. The van der Waals surface area contributed by atoms with E-state index in [2.05, 4.69) is 169 Å². The number of para-hydroxylation sites is 3. The van der Waals surface area contributed by atoms with E-state index in [1.165, 1.54) is 97.4 Å². The largest absolute Gasteiger partial charge is 0.309 e. The summed E-state index contributed by atoms with van der Waals surface area (Å²) < 4.78 is 7.78. The zero-order chi connectivity index (χ0) is 31.7. The van der Waals surface area contributed by atoms with E-state index in [0.29, 0.717) is 0 Å². The summed E-state index contributed by atoms with van der Waals surface area (Å²) in [6, 6.07) is 53.9. The van der Waals surface area contributed by atoms with Crippen LogP contribution in [-0.2, 0) is 5.41 Å². The molecule has 1 aliphatic carbocycles. The molecule has 0 aliphatic heterocycles. The summed E-state index contributed by atoms with van der Waals surface area (Å²) in [4.78, 5) is 0. The maximum absolute atomic E-state index is 2.60. The molecule has 3 heterocycles. The van der Waals surface area contributed by atoms with Gasteiger partial charge in [-0.1, -0.05) is 123 Å². The standard InChI is InChI=1S/C45H30N2S/c1-45(2)33-22-10-6-18-30(33)38-41(45)39-31-19-7-11-23-34(31)46(27-15-4-3-5-16-27)42(39)40-32-20-8-12-24-35(32)47(43(38)40)36-25-14-21-29-28-17-9-13-26-37(28)48-44(29)36/h3-26H,1-2H3. The minimum atomic E-state index is -0.199. The fourth-order valence-electron chi connectivity index (χ4n) is 8.96. The first-order valence-electron chi connectivity index (χ1n) is 16.7. The number of hydrogen-bond acceptors (Lipinski definition) is 1. The van der Waals surface area contributed by atoms with Crippen molar-refractivity contribution < 1.29 is 0 Å². The van der Waals surface area contributed by atoms with Gasteiger partial charge in [0.05, 0.1) is 32.5 Å². The Morgan fingerprint density at radius 2 is 1.12 bits per heavy atom. The van der Waals surface area contributed by atoms with Crippen LogP contribution in [-0.4, -0.2) is 9.13 Å². The molecule has 0 spiro atoms. The van der Waals surface area contributed by atoms with Gasteiger partial charge in [-0.05, 0) is 53.1 Å². The number of rotatable bonds is 2. The highest BCUT2D eigenvalue weighted by Gasteiger charge is 2.41. The Morgan fingerprint density at radius 1 is 0.500 bits per heavy atom. The van der Waals surface area contributed by atoms with E-state index in [9.17, 15) is 0 Å². The van der Waals surface area contributed by atoms with Gasteiger partial charge in [0.15, 0.2) is 0 Å². The first kappa shape index (κ1) is 26.4. The molecular formula is C45H30N2S. The molecule has 10 aromatic rings. The van der Waals surface area contributed by atoms with E-state index in [4.69, 9.17) is 0 Å². The molecule has 7 aromatic carbocycles. The molecule has 0 bridgehead atoms. The highest BCUT2D eigenvalue weighted by molar-refractivity contribution is 7.26. The lowest BCUT2D eigenvalue weighted by Gasteiger charge is -2.23. The number of aromatic nitrogens is 2. The van der Waals surface area contributed by atoms with E-state index in [0.717, 1.165) is 0 Å². The first-order valence-corrected chi connectivity index (χ1v) is 17.5. The maximum Gasteiger partial charge on any atom is 0.0644 e. The monoisotopic (exact) mass is 630 g/mol. The van der Waals surface area contributed by atoms with Crippen LogP contribution in [0.2, 0.25) is 0 Å². The van der Waals surface area contributed by atoms with Crippen LogP contribution in [0, 0.1) is 0 Å². The number of hydrogen-bond donors (Lipinski definition) is 0. The summed E-state index contributed by atoms with van der Waals surface area (Å²) >= 11 is 1.90. The normalized spacial score (nSPS) is 13.8. The lowest BCUT2D eigenvalue weighted by atomic mass is 9.80. The molecule has 0 amide bonds. The molecule has 0 fully saturated rings. The highest BCUT2D eigenvalue weighted by Crippen LogP contribution is 2.58. The average Bonchev–Trinajstić information content (AvgIpc) is 3.84. The third kappa shape index (κ3) is 3.17. The molecule has 0 saturated carbocycles. The Balaban J connectivity index is 1.48. The second kappa shape index (κ2) is 9.25. The lowest BCUT2D eigenvalue weighted by molar-refractivity contribution is 0.667. The average molecular weight is 631 g/mol. The van der Waals surface area contributed by atoms with Gasteiger partial charge in [0, 0.05) is 53.7 Å². The summed E-state index contributed by atoms with van der Waals surface area (Å²) in [5.41, 5.74) is 12.8. The summed E-state index contributed by atoms with van der Waals surface area (Å²) in [6.45, 7) is 4.86. The molecule has 226 valence electrons. The maximum atomic E-state index is 2.60. The number of nitrogens with zero attached hydrogens (tertiary/aromatic N) is 2. The van der Waals surface area contributed by atoms with Crippen LogP contribution in [0.25, 0.3) is 86.3 Å². The quantitative estimate of drug-likeness (QED) is 0.180. The Hall–Kier alpha value is -5.64. The first-order chi connectivity index (χ1) is 23.6. The zero-order valence-electron chi connectivity index (χ0n) is 26.7. The van der Waals surface area contributed by atoms with Crippen LogP contribution in [0.1, 0.15) is 25.0 Å². The van der Waals surface area contributed by atoms with Gasteiger partial charge in [0.1, 0.15) is 0 Å². The van der Waals surface area contributed by atoms with Crippen molar-refractivity contribution in [1.82, 2.24) is 9.13 Å². The topological polar surface area (TPSA) is 9.86 Å².